The second kappa shape index (κ2) is 5.23. The average molecular weight is 264 g/mol. The molecule has 1 N–H and O–H groups in total. The minimum atomic E-state index is 0.0671. The standard InChI is InChI=1S/C13H14ClN3O/c1-9(18)10-3-5-11(6-4-10)15-8-13-16-7-12(14)17(13)2/h3-7,15H,8H2,1-2H3. The Morgan fingerprint density at radius 3 is 2.56 bits per heavy atom. The summed E-state index contributed by atoms with van der Waals surface area (Å²) in [6, 6.07) is 7.36. The number of nitrogens with zero attached hydrogens (tertiary/aromatic N) is 2. The SMILES string of the molecule is CC(=O)c1ccc(NCc2ncc(Cl)n2C)cc1. The predicted molar refractivity (Wildman–Crippen MR) is 72.0 cm³/mol. The Kier molecular flexibility index (Phi) is 3.67. The number of rotatable bonds is 4. The van der Waals surface area contributed by atoms with Gasteiger partial charge in [0.05, 0.1) is 12.7 Å². The fourth-order valence-corrected chi connectivity index (χ4v) is 1.74. The van der Waals surface area contributed by atoms with Crippen molar-refractivity contribution >= 4 is 23.1 Å². The molecule has 0 saturated carbocycles. The summed E-state index contributed by atoms with van der Waals surface area (Å²) < 4.78 is 1.82. The molecule has 2 rings (SSSR count). The van der Waals surface area contributed by atoms with Crippen LogP contribution >= 0.6 is 11.6 Å². The molecule has 94 valence electrons. The molecule has 0 aliphatic heterocycles. The molecule has 2 aromatic rings. The maximum Gasteiger partial charge on any atom is 0.159 e. The lowest BCUT2D eigenvalue weighted by atomic mass is 10.1. The van der Waals surface area contributed by atoms with Crippen LogP contribution in [-0.2, 0) is 13.6 Å². The molecule has 0 amide bonds. The minimum Gasteiger partial charge on any atom is -0.378 e. The molecule has 1 aromatic carbocycles. The minimum absolute atomic E-state index is 0.0671. The molecular weight excluding hydrogens is 250 g/mol. The van der Waals surface area contributed by atoms with Gasteiger partial charge in [0.25, 0.3) is 0 Å². The highest BCUT2D eigenvalue weighted by Gasteiger charge is 2.04. The molecule has 18 heavy (non-hydrogen) atoms. The van der Waals surface area contributed by atoms with Crippen LogP contribution < -0.4 is 5.32 Å². The highest BCUT2D eigenvalue weighted by molar-refractivity contribution is 6.29. The van der Waals surface area contributed by atoms with Crippen molar-refractivity contribution in [3.05, 3.63) is 47.0 Å². The van der Waals surface area contributed by atoms with Crippen LogP contribution in [0.2, 0.25) is 5.15 Å². The number of ketones is 1. The number of nitrogens with one attached hydrogen (secondary N) is 1. The monoisotopic (exact) mass is 263 g/mol. The van der Waals surface area contributed by atoms with E-state index >= 15 is 0 Å². The van der Waals surface area contributed by atoms with Gasteiger partial charge >= 0.3 is 0 Å². The zero-order valence-corrected chi connectivity index (χ0v) is 11.0. The first-order valence-electron chi connectivity index (χ1n) is 5.59. The molecule has 1 heterocycles. The van der Waals surface area contributed by atoms with Gasteiger partial charge < -0.3 is 9.88 Å². The van der Waals surface area contributed by atoms with Crippen molar-refractivity contribution in [1.82, 2.24) is 9.55 Å². The zero-order chi connectivity index (χ0) is 13.1. The number of hydrogen-bond acceptors (Lipinski definition) is 3. The van der Waals surface area contributed by atoms with Gasteiger partial charge in [0.1, 0.15) is 11.0 Å². The maximum absolute atomic E-state index is 11.1. The van der Waals surface area contributed by atoms with Crippen LogP contribution in [0.25, 0.3) is 0 Å². The summed E-state index contributed by atoms with van der Waals surface area (Å²) in [5.41, 5.74) is 1.65. The number of benzene rings is 1. The highest BCUT2D eigenvalue weighted by Crippen LogP contribution is 2.13. The lowest BCUT2D eigenvalue weighted by Crippen LogP contribution is -2.06. The van der Waals surface area contributed by atoms with Gasteiger partial charge in [-0.25, -0.2) is 4.98 Å². The number of imidazole rings is 1. The van der Waals surface area contributed by atoms with Crippen molar-refractivity contribution < 1.29 is 4.79 Å². The molecule has 0 unspecified atom stereocenters. The number of hydrogen-bond donors (Lipinski definition) is 1. The Bertz CT molecular complexity index is 560. The van der Waals surface area contributed by atoms with Crippen molar-refractivity contribution in [2.24, 2.45) is 7.05 Å². The Hall–Kier alpha value is -1.81. The van der Waals surface area contributed by atoms with E-state index in [1.165, 1.54) is 0 Å². The first kappa shape index (κ1) is 12.6. The van der Waals surface area contributed by atoms with Gasteiger partial charge in [0, 0.05) is 18.3 Å². The summed E-state index contributed by atoms with van der Waals surface area (Å²) >= 11 is 5.90. The van der Waals surface area contributed by atoms with Gasteiger partial charge in [0.15, 0.2) is 5.78 Å². The van der Waals surface area contributed by atoms with Crippen LogP contribution in [0, 0.1) is 0 Å². The molecule has 4 nitrogen and oxygen atoms in total. The van der Waals surface area contributed by atoms with Gasteiger partial charge in [-0.1, -0.05) is 11.6 Å². The highest BCUT2D eigenvalue weighted by atomic mass is 35.5. The van der Waals surface area contributed by atoms with Gasteiger partial charge in [0.2, 0.25) is 0 Å². The van der Waals surface area contributed by atoms with Gasteiger partial charge in [-0.05, 0) is 31.2 Å². The summed E-state index contributed by atoms with van der Waals surface area (Å²) in [6.45, 7) is 2.14. The number of halogens is 1. The van der Waals surface area contributed by atoms with Crippen LogP contribution in [0.3, 0.4) is 0 Å². The molecule has 5 heteroatoms. The van der Waals surface area contributed by atoms with Crippen molar-refractivity contribution in [3.8, 4) is 0 Å². The van der Waals surface area contributed by atoms with Gasteiger partial charge in [-0.3, -0.25) is 4.79 Å². The molecule has 0 fully saturated rings. The fourth-order valence-electron chi connectivity index (χ4n) is 1.59. The molecule has 0 bridgehead atoms. The Morgan fingerprint density at radius 2 is 2.06 bits per heavy atom. The van der Waals surface area contributed by atoms with E-state index in [9.17, 15) is 4.79 Å². The number of carbonyl (C=O) groups excluding carboxylic acids is 1. The molecule has 0 saturated heterocycles. The Balaban J connectivity index is 2.02. The maximum atomic E-state index is 11.1. The number of aromatic nitrogens is 2. The lowest BCUT2D eigenvalue weighted by molar-refractivity contribution is 0.101. The van der Waals surface area contributed by atoms with E-state index < -0.39 is 0 Å². The van der Waals surface area contributed by atoms with Crippen LogP contribution in [0.1, 0.15) is 23.1 Å². The van der Waals surface area contributed by atoms with E-state index in [4.69, 9.17) is 11.6 Å². The van der Waals surface area contributed by atoms with Gasteiger partial charge in [-0.2, -0.15) is 0 Å². The van der Waals surface area contributed by atoms with Crippen molar-refractivity contribution in [2.45, 2.75) is 13.5 Å². The summed E-state index contributed by atoms with van der Waals surface area (Å²) in [5, 5.41) is 3.84. The average Bonchev–Trinajstić information content (AvgIpc) is 2.68. The lowest BCUT2D eigenvalue weighted by Gasteiger charge is -2.07. The van der Waals surface area contributed by atoms with Crippen molar-refractivity contribution in [1.29, 1.82) is 0 Å². The van der Waals surface area contributed by atoms with Crippen LogP contribution in [0.5, 0.6) is 0 Å². The van der Waals surface area contributed by atoms with Crippen LogP contribution in [0.4, 0.5) is 5.69 Å². The molecule has 0 aliphatic carbocycles. The second-order valence-electron chi connectivity index (χ2n) is 4.04. The van der Waals surface area contributed by atoms with Crippen molar-refractivity contribution in [2.75, 3.05) is 5.32 Å². The normalized spacial score (nSPS) is 10.4. The van der Waals surface area contributed by atoms with Crippen LogP contribution in [-0.4, -0.2) is 15.3 Å². The largest absolute Gasteiger partial charge is 0.378 e. The molecular formula is C13H14ClN3O. The summed E-state index contributed by atoms with van der Waals surface area (Å²) in [6.07, 6.45) is 1.62. The summed E-state index contributed by atoms with van der Waals surface area (Å²) in [7, 11) is 1.87. The van der Waals surface area contributed by atoms with E-state index in [0.29, 0.717) is 17.3 Å². The first-order chi connectivity index (χ1) is 8.58. The Labute approximate surface area is 111 Å². The van der Waals surface area contributed by atoms with E-state index in [-0.39, 0.29) is 5.78 Å². The smallest absolute Gasteiger partial charge is 0.159 e. The van der Waals surface area contributed by atoms with E-state index in [0.717, 1.165) is 11.5 Å². The molecule has 0 aliphatic rings. The second-order valence-corrected chi connectivity index (χ2v) is 4.43. The van der Waals surface area contributed by atoms with Gasteiger partial charge in [-0.15, -0.1) is 0 Å². The third-order valence-electron chi connectivity index (χ3n) is 2.77. The summed E-state index contributed by atoms with van der Waals surface area (Å²) in [5.74, 6) is 0.924. The van der Waals surface area contributed by atoms with E-state index in [2.05, 4.69) is 10.3 Å². The molecule has 0 radical (unpaired) electrons. The summed E-state index contributed by atoms with van der Waals surface area (Å²) in [4.78, 5) is 15.3. The first-order valence-corrected chi connectivity index (χ1v) is 5.96. The number of carbonyl (C=O) groups is 1. The topological polar surface area (TPSA) is 46.9 Å². The number of Topliss-reactive ketones (excluding diaryl/α,β-unsaturated/α-hetero) is 1. The zero-order valence-electron chi connectivity index (χ0n) is 10.3. The Morgan fingerprint density at radius 1 is 1.39 bits per heavy atom. The van der Waals surface area contributed by atoms with E-state index in [1.807, 2.05) is 23.7 Å². The molecule has 0 atom stereocenters. The predicted octanol–water partition coefficient (Wildman–Crippen LogP) is 2.89. The molecule has 1 aromatic heterocycles. The van der Waals surface area contributed by atoms with E-state index in [1.54, 1.807) is 25.3 Å². The fraction of sp³-hybridized carbons (Fsp3) is 0.231. The van der Waals surface area contributed by atoms with Crippen molar-refractivity contribution in [3.63, 3.8) is 0 Å². The van der Waals surface area contributed by atoms with Crippen LogP contribution in [0.15, 0.2) is 30.5 Å². The quantitative estimate of drug-likeness (QED) is 0.863. The number of anilines is 1. The third-order valence-corrected chi connectivity index (χ3v) is 3.12. The third kappa shape index (κ3) is 2.71. The molecule has 0 spiro atoms.